The summed E-state index contributed by atoms with van der Waals surface area (Å²) >= 11 is 0. The van der Waals surface area contributed by atoms with Gasteiger partial charge in [-0.3, -0.25) is 14.7 Å². The van der Waals surface area contributed by atoms with Crippen molar-refractivity contribution in [1.82, 2.24) is 9.88 Å². The Hall–Kier alpha value is -2.27. The van der Waals surface area contributed by atoms with E-state index in [-0.39, 0.29) is 17.7 Å². The van der Waals surface area contributed by atoms with Crippen molar-refractivity contribution in [3.05, 3.63) is 54.1 Å². The fourth-order valence-corrected chi connectivity index (χ4v) is 2.98. The molecule has 0 amide bonds. The van der Waals surface area contributed by atoms with Gasteiger partial charge in [-0.2, -0.15) is 0 Å². The molecule has 2 heterocycles. The maximum Gasteiger partial charge on any atom is 0.310 e. The first-order chi connectivity index (χ1) is 11.2. The zero-order valence-electron chi connectivity index (χ0n) is 13.0. The third kappa shape index (κ3) is 3.56. The molecule has 1 aromatic heterocycles. The third-order valence-electron chi connectivity index (χ3n) is 4.27. The fraction of sp³-hybridized carbons (Fsp3) is 0.333. The Morgan fingerprint density at radius 2 is 2.09 bits per heavy atom. The molecule has 0 saturated carbocycles. The molecule has 0 N–H and O–H groups in total. The second kappa shape index (κ2) is 6.87. The van der Waals surface area contributed by atoms with Crippen molar-refractivity contribution in [2.45, 2.75) is 13.0 Å². The predicted molar refractivity (Wildman–Crippen MR) is 85.0 cm³/mol. The van der Waals surface area contributed by atoms with Crippen molar-refractivity contribution in [2.75, 3.05) is 20.2 Å². The number of carbonyl (C=O) groups is 1. The molecule has 0 spiro atoms. The van der Waals surface area contributed by atoms with Crippen LogP contribution in [0, 0.1) is 11.7 Å². The van der Waals surface area contributed by atoms with E-state index in [0.29, 0.717) is 18.7 Å². The second-order valence-corrected chi connectivity index (χ2v) is 5.79. The van der Waals surface area contributed by atoms with Gasteiger partial charge in [0.1, 0.15) is 5.82 Å². The number of methoxy groups -OCH3 is 1. The van der Waals surface area contributed by atoms with Crippen LogP contribution in [0.25, 0.3) is 11.1 Å². The topological polar surface area (TPSA) is 42.4 Å². The Morgan fingerprint density at radius 3 is 2.78 bits per heavy atom. The minimum atomic E-state index is -0.221. The molecule has 1 atom stereocenters. The van der Waals surface area contributed by atoms with Crippen molar-refractivity contribution in [2.24, 2.45) is 5.92 Å². The summed E-state index contributed by atoms with van der Waals surface area (Å²) in [6.45, 7) is 1.92. The Morgan fingerprint density at radius 1 is 1.30 bits per heavy atom. The second-order valence-electron chi connectivity index (χ2n) is 5.79. The van der Waals surface area contributed by atoms with E-state index >= 15 is 0 Å². The number of likely N-dealkylation sites (tertiary alicyclic amines) is 1. The fourth-order valence-electron chi connectivity index (χ4n) is 2.98. The molecule has 5 heteroatoms. The van der Waals surface area contributed by atoms with E-state index in [0.717, 1.165) is 24.1 Å². The molecule has 1 aliphatic rings. The molecule has 1 saturated heterocycles. The molecule has 23 heavy (non-hydrogen) atoms. The predicted octanol–water partition coefficient (Wildman–Crippen LogP) is 2.88. The lowest BCUT2D eigenvalue weighted by Crippen LogP contribution is -2.24. The first-order valence-electron chi connectivity index (χ1n) is 7.66. The van der Waals surface area contributed by atoms with Gasteiger partial charge in [-0.25, -0.2) is 4.39 Å². The number of carbonyl (C=O) groups excluding carboxylic acids is 1. The smallest absolute Gasteiger partial charge is 0.310 e. The summed E-state index contributed by atoms with van der Waals surface area (Å²) in [6.07, 6.45) is 4.15. The van der Waals surface area contributed by atoms with Crippen LogP contribution in [0.1, 0.15) is 12.0 Å². The lowest BCUT2D eigenvalue weighted by atomic mass is 10.0. The Bertz CT molecular complexity index is 691. The van der Waals surface area contributed by atoms with Gasteiger partial charge in [-0.1, -0.05) is 12.1 Å². The highest BCUT2D eigenvalue weighted by Gasteiger charge is 2.29. The number of ether oxygens (including phenoxy) is 1. The van der Waals surface area contributed by atoms with Gasteiger partial charge < -0.3 is 4.74 Å². The molecule has 1 aromatic carbocycles. The summed E-state index contributed by atoms with van der Waals surface area (Å²) in [5.41, 5.74) is 2.42. The summed E-state index contributed by atoms with van der Waals surface area (Å²) in [4.78, 5) is 17.6. The van der Waals surface area contributed by atoms with Crippen LogP contribution in [0.4, 0.5) is 4.39 Å². The van der Waals surface area contributed by atoms with Crippen LogP contribution in [0.15, 0.2) is 42.7 Å². The minimum Gasteiger partial charge on any atom is -0.469 e. The number of hydrogen-bond acceptors (Lipinski definition) is 4. The van der Waals surface area contributed by atoms with Crippen LogP contribution >= 0.6 is 0 Å². The summed E-state index contributed by atoms with van der Waals surface area (Å²) in [6, 6.07) is 9.00. The van der Waals surface area contributed by atoms with Crippen LogP contribution < -0.4 is 0 Å². The summed E-state index contributed by atoms with van der Waals surface area (Å²) in [5.74, 6) is -0.499. The van der Waals surface area contributed by atoms with Crippen LogP contribution in [0.2, 0.25) is 0 Å². The molecule has 120 valence electrons. The molecule has 4 nitrogen and oxygen atoms in total. The van der Waals surface area contributed by atoms with E-state index in [9.17, 15) is 9.18 Å². The van der Waals surface area contributed by atoms with Crippen LogP contribution in [-0.2, 0) is 16.1 Å². The molecule has 0 bridgehead atoms. The minimum absolute atomic E-state index is 0.0980. The Labute approximate surface area is 134 Å². The largest absolute Gasteiger partial charge is 0.469 e. The molecule has 0 unspecified atom stereocenters. The van der Waals surface area contributed by atoms with Gasteiger partial charge in [0.25, 0.3) is 0 Å². The first-order valence-corrected chi connectivity index (χ1v) is 7.66. The average molecular weight is 314 g/mol. The summed E-state index contributed by atoms with van der Waals surface area (Å²) in [7, 11) is 1.41. The molecule has 3 rings (SSSR count). The first kappa shape index (κ1) is 15.6. The van der Waals surface area contributed by atoms with E-state index in [4.69, 9.17) is 4.74 Å². The van der Waals surface area contributed by atoms with Gasteiger partial charge in [0.15, 0.2) is 0 Å². The molecular weight excluding hydrogens is 295 g/mol. The number of halogens is 1. The van der Waals surface area contributed by atoms with Crippen molar-refractivity contribution in [3.8, 4) is 11.1 Å². The number of esters is 1. The molecule has 1 aliphatic heterocycles. The number of nitrogens with zero attached hydrogens (tertiary/aromatic N) is 2. The Balaban J connectivity index is 1.69. The molecule has 0 aliphatic carbocycles. The Kier molecular flexibility index (Phi) is 4.67. The van der Waals surface area contributed by atoms with Crippen molar-refractivity contribution >= 4 is 5.97 Å². The molecule has 2 aromatic rings. The SMILES string of the molecule is COC(=O)[C@@H]1CCN(Cc2ccc(-c3ccncc3)cc2F)C1. The van der Waals surface area contributed by atoms with Gasteiger partial charge in [0.2, 0.25) is 0 Å². The number of rotatable bonds is 4. The van der Waals surface area contributed by atoms with Gasteiger partial charge in [0, 0.05) is 31.0 Å². The summed E-state index contributed by atoms with van der Waals surface area (Å²) in [5, 5.41) is 0. The van der Waals surface area contributed by atoms with Crippen LogP contribution in [-0.4, -0.2) is 36.1 Å². The third-order valence-corrected chi connectivity index (χ3v) is 4.27. The highest BCUT2D eigenvalue weighted by molar-refractivity contribution is 5.72. The van der Waals surface area contributed by atoms with E-state index < -0.39 is 0 Å². The van der Waals surface area contributed by atoms with E-state index in [1.165, 1.54) is 7.11 Å². The molecule has 0 radical (unpaired) electrons. The monoisotopic (exact) mass is 314 g/mol. The van der Waals surface area contributed by atoms with Crippen molar-refractivity contribution < 1.29 is 13.9 Å². The summed E-state index contributed by atoms with van der Waals surface area (Å²) < 4.78 is 19.2. The quantitative estimate of drug-likeness (QED) is 0.814. The van der Waals surface area contributed by atoms with Crippen molar-refractivity contribution in [1.29, 1.82) is 0 Å². The molecule has 1 fully saturated rings. The highest BCUT2D eigenvalue weighted by atomic mass is 19.1. The van der Waals surface area contributed by atoms with E-state index in [1.807, 2.05) is 24.3 Å². The molecular formula is C18H19FN2O2. The van der Waals surface area contributed by atoms with Gasteiger partial charge >= 0.3 is 5.97 Å². The maximum atomic E-state index is 14.4. The zero-order chi connectivity index (χ0) is 16.2. The van der Waals surface area contributed by atoms with Crippen molar-refractivity contribution in [3.63, 3.8) is 0 Å². The average Bonchev–Trinajstić information content (AvgIpc) is 3.05. The normalized spacial score (nSPS) is 18.1. The lowest BCUT2D eigenvalue weighted by molar-refractivity contribution is -0.144. The van der Waals surface area contributed by atoms with Crippen LogP contribution in [0.3, 0.4) is 0 Å². The van der Waals surface area contributed by atoms with E-state index in [1.54, 1.807) is 18.5 Å². The van der Waals surface area contributed by atoms with Gasteiger partial charge in [-0.15, -0.1) is 0 Å². The highest BCUT2D eigenvalue weighted by Crippen LogP contribution is 2.24. The van der Waals surface area contributed by atoms with Crippen LogP contribution in [0.5, 0.6) is 0 Å². The van der Waals surface area contributed by atoms with Gasteiger partial charge in [0.05, 0.1) is 13.0 Å². The number of benzene rings is 1. The standard InChI is InChI=1S/C18H19FN2O2/c1-23-18(22)16-6-9-21(12-16)11-15-3-2-14(10-17(15)19)13-4-7-20-8-5-13/h2-5,7-8,10,16H,6,9,11-12H2,1H3/t16-/m1/s1. The van der Waals surface area contributed by atoms with E-state index in [2.05, 4.69) is 9.88 Å². The lowest BCUT2D eigenvalue weighted by Gasteiger charge is -2.16. The van der Waals surface area contributed by atoms with Gasteiger partial charge in [-0.05, 0) is 42.3 Å². The number of hydrogen-bond donors (Lipinski definition) is 0. The number of aromatic nitrogens is 1. The maximum absolute atomic E-state index is 14.4. The number of pyridine rings is 1. The zero-order valence-corrected chi connectivity index (χ0v) is 13.0.